The Labute approximate surface area is 120 Å². The van der Waals surface area contributed by atoms with Gasteiger partial charge >= 0.3 is 121 Å². The van der Waals surface area contributed by atoms with Crippen LogP contribution in [0.3, 0.4) is 0 Å². The zero-order chi connectivity index (χ0) is 11.1. The molecule has 86 valence electrons. The van der Waals surface area contributed by atoms with Crippen molar-refractivity contribution in [3.8, 4) is 0 Å². The number of allylic oxidation sites excluding steroid dienone is 4. The monoisotopic (exact) mass is 400 g/mol. The molecule has 0 radical (unpaired) electrons. The van der Waals surface area contributed by atoms with Crippen LogP contribution in [0.15, 0.2) is 32.2 Å². The SMILES string of the molecule is CC1=C/C2=C3\[Se][Se]SC3SCCSC2=C1C. The van der Waals surface area contributed by atoms with E-state index in [0.717, 1.165) is 29.7 Å². The van der Waals surface area contributed by atoms with E-state index in [-0.39, 0.29) is 0 Å². The fourth-order valence-corrected chi connectivity index (χ4v) is 22.8. The zero-order valence-corrected chi connectivity index (χ0v) is 15.0. The van der Waals surface area contributed by atoms with E-state index in [4.69, 9.17) is 0 Å². The second-order valence-corrected chi connectivity index (χ2v) is 16.9. The van der Waals surface area contributed by atoms with E-state index in [0.29, 0.717) is 0 Å². The molecule has 2 aliphatic heterocycles. The van der Waals surface area contributed by atoms with Crippen molar-refractivity contribution in [1.29, 1.82) is 0 Å². The van der Waals surface area contributed by atoms with Crippen LogP contribution in [0.1, 0.15) is 13.8 Å². The molecule has 5 heteroatoms. The van der Waals surface area contributed by atoms with Crippen molar-refractivity contribution in [3.05, 3.63) is 32.2 Å². The van der Waals surface area contributed by atoms with Crippen molar-refractivity contribution in [2.24, 2.45) is 0 Å². The summed E-state index contributed by atoms with van der Waals surface area (Å²) in [5.74, 6) is 2.60. The Kier molecular flexibility index (Phi) is 3.96. The molecule has 0 nitrogen and oxygen atoms in total. The summed E-state index contributed by atoms with van der Waals surface area (Å²) in [7, 11) is 2.23. The maximum atomic E-state index is 2.45. The van der Waals surface area contributed by atoms with Gasteiger partial charge in [0.2, 0.25) is 0 Å². The quantitative estimate of drug-likeness (QED) is 0.575. The van der Waals surface area contributed by atoms with Crippen LogP contribution in [0, 0.1) is 0 Å². The van der Waals surface area contributed by atoms with E-state index in [9.17, 15) is 0 Å². The summed E-state index contributed by atoms with van der Waals surface area (Å²) in [5.41, 5.74) is 4.67. The first-order valence-corrected chi connectivity index (χ1v) is 15.3. The molecular weight excluding hydrogens is 386 g/mol. The average molecular weight is 398 g/mol. The van der Waals surface area contributed by atoms with Gasteiger partial charge in [0.25, 0.3) is 0 Å². The molecule has 1 unspecified atom stereocenters. The Morgan fingerprint density at radius 2 is 2.19 bits per heavy atom. The number of hydrogen-bond donors (Lipinski definition) is 0. The van der Waals surface area contributed by atoms with Gasteiger partial charge in [-0.1, -0.05) is 0 Å². The molecule has 3 aliphatic rings. The molecule has 0 aromatic carbocycles. The normalized spacial score (nSPS) is 34.4. The molecule has 1 aliphatic carbocycles. The molecule has 0 aromatic heterocycles. The Hall–Kier alpha value is 1.31. The van der Waals surface area contributed by atoms with E-state index >= 15 is 0 Å². The molecule has 2 heterocycles. The molecular formula is C11H12S3Se2. The first-order valence-electron chi connectivity index (χ1n) is 5.16. The van der Waals surface area contributed by atoms with Crippen molar-refractivity contribution in [1.82, 2.24) is 0 Å². The van der Waals surface area contributed by atoms with Crippen LogP contribution in [0.2, 0.25) is 0 Å². The van der Waals surface area contributed by atoms with Gasteiger partial charge in [-0.25, -0.2) is 0 Å². The molecule has 1 saturated heterocycles. The summed E-state index contributed by atoms with van der Waals surface area (Å²) >= 11 is 5.92. The van der Waals surface area contributed by atoms with Gasteiger partial charge in [0, 0.05) is 0 Å². The Bertz CT molecular complexity index is 423. The summed E-state index contributed by atoms with van der Waals surface area (Å²) in [4.78, 5) is 1.61. The summed E-state index contributed by atoms with van der Waals surface area (Å²) < 4.78 is 2.61. The predicted molar refractivity (Wildman–Crippen MR) is 81.3 cm³/mol. The molecule has 3 rings (SSSR count). The van der Waals surface area contributed by atoms with Gasteiger partial charge in [0.1, 0.15) is 0 Å². The van der Waals surface area contributed by atoms with Crippen molar-refractivity contribution in [2.45, 2.75) is 18.4 Å². The fraction of sp³-hybridized carbons (Fsp3) is 0.455. The van der Waals surface area contributed by atoms with Gasteiger partial charge in [-0.15, -0.1) is 0 Å². The predicted octanol–water partition coefficient (Wildman–Crippen LogP) is 3.27. The van der Waals surface area contributed by atoms with Crippen molar-refractivity contribution in [3.63, 3.8) is 0 Å². The summed E-state index contributed by atoms with van der Waals surface area (Å²) in [6.45, 7) is 4.56. The Balaban J connectivity index is 2.11. The standard InChI is InChI=1S/C11H12S3Se2/c1-6-5-8-9(7(6)2)12-3-4-13-11-10(8)15-16-14-11/h5,11H,3-4H2,1-2H3/b10-8+. The summed E-state index contributed by atoms with van der Waals surface area (Å²) in [6.07, 6.45) is 2.45. The van der Waals surface area contributed by atoms with Crippen LogP contribution in [0.25, 0.3) is 0 Å². The van der Waals surface area contributed by atoms with E-state index in [1.54, 1.807) is 20.5 Å². The first kappa shape index (κ1) is 12.3. The van der Waals surface area contributed by atoms with E-state index in [1.807, 2.05) is 0 Å². The van der Waals surface area contributed by atoms with Crippen molar-refractivity contribution < 1.29 is 0 Å². The van der Waals surface area contributed by atoms with Crippen molar-refractivity contribution >= 4 is 58.8 Å². The molecule has 0 saturated carbocycles. The number of rotatable bonds is 0. The van der Waals surface area contributed by atoms with Gasteiger partial charge < -0.3 is 0 Å². The third kappa shape index (κ3) is 2.14. The minimum atomic E-state index is 0.801. The Morgan fingerprint density at radius 3 is 3.06 bits per heavy atom. The molecule has 0 aromatic rings. The Morgan fingerprint density at radius 1 is 1.31 bits per heavy atom. The van der Waals surface area contributed by atoms with Gasteiger partial charge in [0.15, 0.2) is 0 Å². The van der Waals surface area contributed by atoms with Gasteiger partial charge in [-0.3, -0.25) is 0 Å². The number of thioether (sulfide) groups is 2. The molecule has 0 amide bonds. The van der Waals surface area contributed by atoms with E-state index < -0.39 is 0 Å². The first-order chi connectivity index (χ1) is 7.77. The third-order valence-corrected chi connectivity index (χ3v) is 18.3. The molecule has 16 heavy (non-hydrogen) atoms. The van der Waals surface area contributed by atoms with Crippen LogP contribution in [-0.2, 0) is 0 Å². The van der Waals surface area contributed by atoms with Gasteiger partial charge in [-0.05, 0) is 0 Å². The van der Waals surface area contributed by atoms with E-state index in [2.05, 4.69) is 53.6 Å². The van der Waals surface area contributed by atoms with Gasteiger partial charge in [-0.2, -0.15) is 0 Å². The maximum absolute atomic E-state index is 2.45. The van der Waals surface area contributed by atoms with Crippen LogP contribution in [-0.4, -0.2) is 41.2 Å². The zero-order valence-electron chi connectivity index (χ0n) is 9.11. The summed E-state index contributed by atoms with van der Waals surface area (Å²) in [6, 6.07) is 0. The minimum absolute atomic E-state index is 0.801. The van der Waals surface area contributed by atoms with Crippen LogP contribution in [0.5, 0.6) is 0 Å². The molecule has 0 spiro atoms. The second kappa shape index (κ2) is 5.13. The number of hydrogen-bond acceptors (Lipinski definition) is 3. The van der Waals surface area contributed by atoms with Crippen LogP contribution in [0.4, 0.5) is 0 Å². The molecule has 0 bridgehead atoms. The van der Waals surface area contributed by atoms with E-state index in [1.165, 1.54) is 17.1 Å². The molecule has 1 fully saturated rings. The van der Waals surface area contributed by atoms with Gasteiger partial charge in [0.05, 0.1) is 0 Å². The topological polar surface area (TPSA) is 0 Å². The van der Waals surface area contributed by atoms with Crippen LogP contribution < -0.4 is 0 Å². The van der Waals surface area contributed by atoms with Crippen molar-refractivity contribution in [2.75, 3.05) is 11.5 Å². The third-order valence-electron chi connectivity index (χ3n) is 2.87. The fourth-order valence-electron chi connectivity index (χ4n) is 1.89. The molecule has 0 N–H and O–H groups in total. The summed E-state index contributed by atoms with van der Waals surface area (Å²) in [5, 5.41) is 0. The number of fused-ring (bicyclic) bond motifs is 2. The second-order valence-electron chi connectivity index (χ2n) is 3.86. The van der Waals surface area contributed by atoms with Crippen LogP contribution >= 0.6 is 33.7 Å². The average Bonchev–Trinajstić information content (AvgIpc) is 2.79. The molecule has 1 atom stereocenters.